The van der Waals surface area contributed by atoms with E-state index in [4.69, 9.17) is 0 Å². The maximum atomic E-state index is 3.53. The van der Waals surface area contributed by atoms with E-state index in [0.29, 0.717) is 0 Å². The minimum absolute atomic E-state index is 1.21. The van der Waals surface area contributed by atoms with Crippen LogP contribution in [0.25, 0.3) is 0 Å². The van der Waals surface area contributed by atoms with Gasteiger partial charge in [0.1, 0.15) is 0 Å². The normalized spacial score (nSPS) is 11.3. The Kier molecular flexibility index (Phi) is 21.4. The summed E-state index contributed by atoms with van der Waals surface area (Å²) in [5.74, 6) is 0. The summed E-state index contributed by atoms with van der Waals surface area (Å²) in [5.41, 5.74) is 2.91. The summed E-state index contributed by atoms with van der Waals surface area (Å²) in [6, 6.07) is 11.2. The van der Waals surface area contributed by atoms with Crippen molar-refractivity contribution in [1.82, 2.24) is 0 Å². The van der Waals surface area contributed by atoms with E-state index >= 15 is 0 Å². The van der Waals surface area contributed by atoms with Crippen molar-refractivity contribution in [3.05, 3.63) is 35.4 Å². The number of benzene rings is 1. The average molecular weight is 441 g/mol. The number of unbranched alkanes of at least 4 members (excludes halogenated alkanes) is 20. The van der Waals surface area contributed by atoms with Gasteiger partial charge in [0.05, 0.1) is 0 Å². The summed E-state index contributed by atoms with van der Waals surface area (Å²) in [7, 11) is 0. The highest BCUT2D eigenvalue weighted by Gasteiger charge is 2.03. The van der Waals surface area contributed by atoms with E-state index < -0.39 is 0 Å². The quantitative estimate of drug-likeness (QED) is 0.140. The number of hydrogen-bond donors (Lipinski definition) is 0. The summed E-state index contributed by atoms with van der Waals surface area (Å²) >= 11 is 0. The van der Waals surface area contributed by atoms with E-state index in [1.807, 2.05) is 0 Å². The van der Waals surface area contributed by atoms with Crippen LogP contribution in [0.15, 0.2) is 12.1 Å². The molecular formula is C32H56. The molecule has 1 aromatic carbocycles. The molecule has 0 aliphatic carbocycles. The second-order valence-corrected chi connectivity index (χ2v) is 10.2. The lowest BCUT2D eigenvalue weighted by atomic mass is 9.96. The summed E-state index contributed by atoms with van der Waals surface area (Å²) in [4.78, 5) is 0. The van der Waals surface area contributed by atoms with E-state index in [9.17, 15) is 0 Å². The van der Waals surface area contributed by atoms with E-state index in [-0.39, 0.29) is 0 Å². The van der Waals surface area contributed by atoms with Crippen molar-refractivity contribution in [1.29, 1.82) is 0 Å². The zero-order valence-corrected chi connectivity index (χ0v) is 22.1. The molecule has 0 heterocycles. The van der Waals surface area contributed by atoms with Gasteiger partial charge in [-0.05, 0) is 48.9 Å². The van der Waals surface area contributed by atoms with E-state index in [2.05, 4.69) is 38.1 Å². The molecule has 0 atom stereocenters. The van der Waals surface area contributed by atoms with Crippen LogP contribution in [-0.4, -0.2) is 0 Å². The molecule has 0 N–H and O–H groups in total. The van der Waals surface area contributed by atoms with Crippen molar-refractivity contribution in [2.24, 2.45) is 0 Å². The summed E-state index contributed by atoms with van der Waals surface area (Å²) in [6.07, 6.45) is 33.6. The summed E-state index contributed by atoms with van der Waals surface area (Å²) in [5, 5.41) is 0. The maximum absolute atomic E-state index is 3.53. The topological polar surface area (TPSA) is 0 Å². The van der Waals surface area contributed by atoms with Crippen LogP contribution in [0.3, 0.4) is 0 Å². The molecule has 32 heavy (non-hydrogen) atoms. The average Bonchev–Trinajstić information content (AvgIpc) is 2.81. The van der Waals surface area contributed by atoms with Crippen LogP contribution in [-0.2, 0) is 12.8 Å². The number of rotatable bonds is 24. The third kappa shape index (κ3) is 17.7. The molecule has 0 aliphatic heterocycles. The molecule has 0 saturated heterocycles. The highest BCUT2D eigenvalue weighted by Crippen LogP contribution is 2.18. The molecule has 0 fully saturated rings. The molecule has 0 bridgehead atoms. The molecule has 1 aromatic rings. The van der Waals surface area contributed by atoms with Crippen LogP contribution < -0.4 is 0 Å². The molecule has 2 radical (unpaired) electrons. The van der Waals surface area contributed by atoms with Crippen molar-refractivity contribution in [2.75, 3.05) is 0 Å². The third-order valence-electron chi connectivity index (χ3n) is 7.02. The van der Waals surface area contributed by atoms with Gasteiger partial charge >= 0.3 is 0 Å². The molecular weight excluding hydrogens is 384 g/mol. The van der Waals surface area contributed by atoms with Crippen LogP contribution in [0.2, 0.25) is 0 Å². The van der Waals surface area contributed by atoms with Crippen molar-refractivity contribution in [3.8, 4) is 0 Å². The minimum atomic E-state index is 1.21. The molecule has 0 spiro atoms. The van der Waals surface area contributed by atoms with Gasteiger partial charge in [0, 0.05) is 0 Å². The molecule has 0 heteroatoms. The molecule has 184 valence electrons. The number of aryl methyl sites for hydroxylation is 2. The third-order valence-corrected chi connectivity index (χ3v) is 7.02. The molecule has 0 amide bonds. The predicted molar refractivity (Wildman–Crippen MR) is 144 cm³/mol. The van der Waals surface area contributed by atoms with Gasteiger partial charge in [-0.15, -0.1) is 0 Å². The maximum Gasteiger partial charge on any atom is -0.0146 e. The molecule has 0 aliphatic rings. The van der Waals surface area contributed by atoms with Crippen molar-refractivity contribution < 1.29 is 0 Å². The van der Waals surface area contributed by atoms with Gasteiger partial charge in [0.2, 0.25) is 0 Å². The zero-order chi connectivity index (χ0) is 23.0. The van der Waals surface area contributed by atoms with Gasteiger partial charge in [0.25, 0.3) is 0 Å². The van der Waals surface area contributed by atoms with Gasteiger partial charge in [0.15, 0.2) is 0 Å². The fourth-order valence-corrected chi connectivity index (χ4v) is 4.84. The highest BCUT2D eigenvalue weighted by atomic mass is 14.1. The lowest BCUT2D eigenvalue weighted by Gasteiger charge is -2.09. The van der Waals surface area contributed by atoms with E-state index in [1.54, 1.807) is 0 Å². The second kappa shape index (κ2) is 23.4. The second-order valence-electron chi connectivity index (χ2n) is 10.2. The Morgan fingerprint density at radius 2 is 0.625 bits per heavy atom. The molecule has 1 rings (SSSR count). The van der Waals surface area contributed by atoms with Crippen LogP contribution >= 0.6 is 0 Å². The predicted octanol–water partition coefficient (Wildman–Crippen LogP) is 11.0. The first-order chi connectivity index (χ1) is 15.9. The highest BCUT2D eigenvalue weighted by molar-refractivity contribution is 5.25. The van der Waals surface area contributed by atoms with Crippen LogP contribution in [0.1, 0.15) is 166 Å². The SMILES string of the molecule is CCCCCCCCCCCCCc1[c]cc[c]c1CCCCCCCCCCCCC. The van der Waals surface area contributed by atoms with Gasteiger partial charge in [-0.3, -0.25) is 0 Å². The van der Waals surface area contributed by atoms with Crippen LogP contribution in [0.5, 0.6) is 0 Å². The number of hydrogen-bond acceptors (Lipinski definition) is 0. The first-order valence-corrected chi connectivity index (χ1v) is 14.8. The minimum Gasteiger partial charge on any atom is -0.0654 e. The molecule has 0 aromatic heterocycles. The summed E-state index contributed by atoms with van der Waals surface area (Å²) < 4.78 is 0. The van der Waals surface area contributed by atoms with Crippen molar-refractivity contribution >= 4 is 0 Å². The Hall–Kier alpha value is -0.780. The Balaban J connectivity index is 1.99. The van der Waals surface area contributed by atoms with E-state index in [0.717, 1.165) is 0 Å². The lowest BCUT2D eigenvalue weighted by molar-refractivity contribution is 0.547. The largest absolute Gasteiger partial charge is 0.0654 e. The molecule has 0 unspecified atom stereocenters. The van der Waals surface area contributed by atoms with Gasteiger partial charge in [-0.2, -0.15) is 0 Å². The Morgan fingerprint density at radius 1 is 0.375 bits per heavy atom. The van der Waals surface area contributed by atoms with Gasteiger partial charge in [-0.25, -0.2) is 0 Å². The van der Waals surface area contributed by atoms with E-state index in [1.165, 1.54) is 165 Å². The smallest absolute Gasteiger partial charge is 0.0146 e. The Bertz CT molecular complexity index is 444. The molecule has 0 saturated carbocycles. The molecule has 0 nitrogen and oxygen atoms in total. The van der Waals surface area contributed by atoms with Crippen LogP contribution in [0.4, 0.5) is 0 Å². The fraction of sp³-hybridized carbons (Fsp3) is 0.812. The fourth-order valence-electron chi connectivity index (χ4n) is 4.84. The Labute approximate surface area is 203 Å². The summed E-state index contributed by atoms with van der Waals surface area (Å²) in [6.45, 7) is 4.60. The van der Waals surface area contributed by atoms with Crippen molar-refractivity contribution in [3.63, 3.8) is 0 Å². The lowest BCUT2D eigenvalue weighted by Crippen LogP contribution is -1.96. The van der Waals surface area contributed by atoms with Gasteiger partial charge < -0.3 is 0 Å². The van der Waals surface area contributed by atoms with Gasteiger partial charge in [-0.1, -0.05) is 154 Å². The van der Waals surface area contributed by atoms with Crippen molar-refractivity contribution in [2.45, 2.75) is 168 Å². The monoisotopic (exact) mass is 440 g/mol. The Morgan fingerprint density at radius 3 is 0.906 bits per heavy atom. The standard InChI is InChI=1S/C32H56/c1-3-5-7-9-11-13-15-17-19-21-23-27-31-29-25-26-30-32(31)28-24-22-20-18-16-14-12-10-8-6-4-2/h25-26H,3-24,27-28H2,1-2H3. The zero-order valence-electron chi connectivity index (χ0n) is 22.1. The van der Waals surface area contributed by atoms with Crippen LogP contribution in [0, 0.1) is 12.1 Å². The first kappa shape index (κ1) is 29.3. The first-order valence-electron chi connectivity index (χ1n) is 14.8.